The summed E-state index contributed by atoms with van der Waals surface area (Å²) in [6, 6.07) is 47.9. The van der Waals surface area contributed by atoms with Gasteiger partial charge in [0, 0.05) is 53.2 Å². The molecule has 5 heteroatoms. The number of benzene rings is 6. The van der Waals surface area contributed by atoms with E-state index in [2.05, 4.69) is 91.0 Å². The van der Waals surface area contributed by atoms with Crippen molar-refractivity contribution in [1.29, 1.82) is 0 Å². The maximum absolute atomic E-state index is 6.44. The van der Waals surface area contributed by atoms with E-state index in [0.29, 0.717) is 17.5 Å². The van der Waals surface area contributed by atoms with Crippen LogP contribution in [0.4, 0.5) is 0 Å². The predicted octanol–water partition coefficient (Wildman–Crippen LogP) is 10.8. The summed E-state index contributed by atoms with van der Waals surface area (Å²) < 4.78 is 8.87. The first-order chi connectivity index (χ1) is 21.8. The van der Waals surface area contributed by atoms with Crippen LogP contribution in [-0.2, 0) is 0 Å². The van der Waals surface area contributed by atoms with E-state index in [1.54, 1.807) is 11.3 Å². The molecule has 0 amide bonds. The van der Waals surface area contributed by atoms with Gasteiger partial charge in [-0.25, -0.2) is 15.0 Å². The quantitative estimate of drug-likeness (QED) is 0.207. The lowest BCUT2D eigenvalue weighted by molar-refractivity contribution is 0.670. The molecule has 0 aliphatic rings. The number of rotatable bonds is 4. The molecule has 9 rings (SSSR count). The Kier molecular flexibility index (Phi) is 5.64. The first kappa shape index (κ1) is 24.9. The second-order valence-electron chi connectivity index (χ2n) is 10.8. The van der Waals surface area contributed by atoms with Crippen LogP contribution in [0.3, 0.4) is 0 Å². The highest BCUT2D eigenvalue weighted by Gasteiger charge is 2.18. The van der Waals surface area contributed by atoms with Crippen LogP contribution in [0.5, 0.6) is 0 Å². The fraction of sp³-hybridized carbons (Fsp3) is 0. The molecule has 0 aliphatic heterocycles. The van der Waals surface area contributed by atoms with Gasteiger partial charge in [-0.05, 0) is 35.9 Å². The largest absolute Gasteiger partial charge is 0.455 e. The van der Waals surface area contributed by atoms with Crippen LogP contribution in [0.25, 0.3) is 87.4 Å². The molecule has 3 aromatic heterocycles. The zero-order valence-electron chi connectivity index (χ0n) is 23.4. The maximum atomic E-state index is 6.44. The summed E-state index contributed by atoms with van der Waals surface area (Å²) in [4.78, 5) is 15.2. The summed E-state index contributed by atoms with van der Waals surface area (Å²) in [5.74, 6) is 1.93. The number of thiophene rings is 1. The minimum absolute atomic E-state index is 0.627. The van der Waals surface area contributed by atoms with Crippen molar-refractivity contribution in [3.63, 3.8) is 0 Å². The van der Waals surface area contributed by atoms with E-state index in [0.717, 1.165) is 49.8 Å². The SMILES string of the molecule is c1ccc(-c2nc(-c3ccc4oc5c(-c6ccccc6)cccc5c4c3)nc(-c3cccc4c3sc3ccccc34)n2)cc1. The van der Waals surface area contributed by atoms with Gasteiger partial charge in [0.15, 0.2) is 17.5 Å². The van der Waals surface area contributed by atoms with Crippen LogP contribution in [0.15, 0.2) is 144 Å². The van der Waals surface area contributed by atoms with Gasteiger partial charge in [-0.2, -0.15) is 0 Å². The Bertz CT molecular complexity index is 2500. The highest BCUT2D eigenvalue weighted by Crippen LogP contribution is 2.40. The van der Waals surface area contributed by atoms with Crippen molar-refractivity contribution >= 4 is 53.4 Å². The first-order valence-corrected chi connectivity index (χ1v) is 15.3. The summed E-state index contributed by atoms with van der Waals surface area (Å²) >= 11 is 1.78. The smallest absolute Gasteiger partial charge is 0.165 e. The summed E-state index contributed by atoms with van der Waals surface area (Å²) in [6.45, 7) is 0. The lowest BCUT2D eigenvalue weighted by Crippen LogP contribution is -2.00. The van der Waals surface area contributed by atoms with Crippen molar-refractivity contribution < 1.29 is 4.42 Å². The number of nitrogens with zero attached hydrogens (tertiary/aromatic N) is 3. The molecule has 206 valence electrons. The average molecular weight is 582 g/mol. The Labute approximate surface area is 256 Å². The fourth-order valence-corrected chi connectivity index (χ4v) is 7.26. The van der Waals surface area contributed by atoms with Gasteiger partial charge >= 0.3 is 0 Å². The van der Waals surface area contributed by atoms with Crippen LogP contribution < -0.4 is 0 Å². The molecule has 44 heavy (non-hydrogen) atoms. The van der Waals surface area contributed by atoms with Gasteiger partial charge in [0.25, 0.3) is 0 Å². The van der Waals surface area contributed by atoms with E-state index in [1.165, 1.54) is 20.2 Å². The molecular weight excluding hydrogens is 559 g/mol. The molecule has 0 spiro atoms. The summed E-state index contributed by atoms with van der Waals surface area (Å²) in [5, 5.41) is 4.56. The molecule has 6 aromatic carbocycles. The van der Waals surface area contributed by atoms with Crippen LogP contribution in [0, 0.1) is 0 Å². The molecule has 0 aliphatic carbocycles. The third-order valence-corrected chi connectivity index (χ3v) is 9.37. The summed E-state index contributed by atoms with van der Waals surface area (Å²) in [6.07, 6.45) is 0. The van der Waals surface area contributed by atoms with Gasteiger partial charge in [0.2, 0.25) is 0 Å². The van der Waals surface area contributed by atoms with E-state index in [4.69, 9.17) is 19.4 Å². The van der Waals surface area contributed by atoms with E-state index in [1.807, 2.05) is 48.5 Å². The molecule has 0 N–H and O–H groups in total. The van der Waals surface area contributed by atoms with Gasteiger partial charge in [-0.3, -0.25) is 0 Å². The lowest BCUT2D eigenvalue weighted by atomic mass is 10.0. The lowest BCUT2D eigenvalue weighted by Gasteiger charge is -2.09. The Morgan fingerprint density at radius 1 is 0.432 bits per heavy atom. The Morgan fingerprint density at radius 2 is 1.07 bits per heavy atom. The van der Waals surface area contributed by atoms with E-state index in [9.17, 15) is 0 Å². The van der Waals surface area contributed by atoms with Crippen molar-refractivity contribution in [3.8, 4) is 45.3 Å². The van der Waals surface area contributed by atoms with Crippen molar-refractivity contribution in [2.24, 2.45) is 0 Å². The highest BCUT2D eigenvalue weighted by molar-refractivity contribution is 7.26. The molecule has 0 unspecified atom stereocenters. The van der Waals surface area contributed by atoms with E-state index in [-0.39, 0.29) is 0 Å². The number of furan rings is 1. The van der Waals surface area contributed by atoms with Crippen molar-refractivity contribution in [2.75, 3.05) is 0 Å². The number of hydrogen-bond acceptors (Lipinski definition) is 5. The van der Waals surface area contributed by atoms with E-state index < -0.39 is 0 Å². The minimum Gasteiger partial charge on any atom is -0.455 e. The number of aromatic nitrogens is 3. The van der Waals surface area contributed by atoms with Crippen LogP contribution in [-0.4, -0.2) is 15.0 Å². The van der Waals surface area contributed by atoms with Crippen molar-refractivity contribution in [1.82, 2.24) is 15.0 Å². The number of para-hydroxylation sites is 1. The van der Waals surface area contributed by atoms with Gasteiger partial charge in [-0.1, -0.05) is 109 Å². The maximum Gasteiger partial charge on any atom is 0.165 e. The van der Waals surface area contributed by atoms with Crippen LogP contribution in [0.2, 0.25) is 0 Å². The molecule has 9 aromatic rings. The molecular formula is C39H23N3OS. The van der Waals surface area contributed by atoms with Gasteiger partial charge in [0.1, 0.15) is 11.2 Å². The van der Waals surface area contributed by atoms with Crippen molar-refractivity contribution in [2.45, 2.75) is 0 Å². The molecule has 0 fully saturated rings. The molecule has 0 saturated heterocycles. The third-order valence-electron chi connectivity index (χ3n) is 8.15. The molecule has 0 saturated carbocycles. The Hall–Kier alpha value is -5.65. The summed E-state index contributed by atoms with van der Waals surface area (Å²) in [7, 11) is 0. The Balaban J connectivity index is 1.26. The van der Waals surface area contributed by atoms with Gasteiger partial charge < -0.3 is 4.42 Å². The van der Waals surface area contributed by atoms with E-state index >= 15 is 0 Å². The van der Waals surface area contributed by atoms with Crippen molar-refractivity contribution in [3.05, 3.63) is 140 Å². The third kappa shape index (κ3) is 4.02. The second kappa shape index (κ2) is 9.97. The average Bonchev–Trinajstić information content (AvgIpc) is 3.67. The molecule has 4 nitrogen and oxygen atoms in total. The standard InChI is InChI=1S/C39H23N3OS/c1-3-11-24(12-4-1)27-16-9-17-29-32-23-26(21-22-33(32)43-35(27)29)38-40-37(25-13-5-2-6-14-25)41-39(42-38)31-19-10-18-30-28-15-7-8-20-34(28)44-36(30)31/h1-23H. The van der Waals surface area contributed by atoms with Crippen LogP contribution >= 0.6 is 11.3 Å². The minimum atomic E-state index is 0.627. The normalized spacial score (nSPS) is 11.6. The first-order valence-electron chi connectivity index (χ1n) is 14.5. The topological polar surface area (TPSA) is 51.8 Å². The zero-order valence-corrected chi connectivity index (χ0v) is 24.3. The fourth-order valence-electron chi connectivity index (χ4n) is 6.05. The highest BCUT2D eigenvalue weighted by atomic mass is 32.1. The monoisotopic (exact) mass is 581 g/mol. The second-order valence-corrected chi connectivity index (χ2v) is 11.9. The molecule has 3 heterocycles. The molecule has 0 atom stereocenters. The number of fused-ring (bicyclic) bond motifs is 6. The zero-order chi connectivity index (χ0) is 29.0. The number of hydrogen-bond donors (Lipinski definition) is 0. The summed E-state index contributed by atoms with van der Waals surface area (Å²) in [5.41, 5.74) is 6.78. The molecule has 0 radical (unpaired) electrons. The predicted molar refractivity (Wildman–Crippen MR) is 182 cm³/mol. The van der Waals surface area contributed by atoms with Gasteiger partial charge in [0.05, 0.1) is 0 Å². The van der Waals surface area contributed by atoms with Gasteiger partial charge in [-0.15, -0.1) is 11.3 Å². The Morgan fingerprint density at radius 3 is 1.89 bits per heavy atom. The van der Waals surface area contributed by atoms with Crippen LogP contribution in [0.1, 0.15) is 0 Å². The molecule has 0 bridgehead atoms.